The molecule has 0 aliphatic heterocycles. The summed E-state index contributed by atoms with van der Waals surface area (Å²) in [5.41, 5.74) is 5.72. The summed E-state index contributed by atoms with van der Waals surface area (Å²) in [7, 11) is 0. The molecule has 0 radical (unpaired) electrons. The number of amides is 1. The van der Waals surface area contributed by atoms with Crippen molar-refractivity contribution in [3.8, 4) is 5.75 Å². The third-order valence-corrected chi connectivity index (χ3v) is 4.80. The van der Waals surface area contributed by atoms with E-state index in [-0.39, 0.29) is 5.91 Å². The highest BCUT2D eigenvalue weighted by Crippen LogP contribution is 2.23. The topological polar surface area (TPSA) is 50.7 Å². The van der Waals surface area contributed by atoms with Gasteiger partial charge in [0.25, 0.3) is 5.91 Å². The van der Waals surface area contributed by atoms with Crippen LogP contribution in [0.1, 0.15) is 27.0 Å². The smallest absolute Gasteiger partial charge is 0.271 e. The fourth-order valence-electron chi connectivity index (χ4n) is 2.54. The van der Waals surface area contributed by atoms with E-state index in [9.17, 15) is 4.79 Å². The van der Waals surface area contributed by atoms with Crippen molar-refractivity contribution < 1.29 is 9.53 Å². The summed E-state index contributed by atoms with van der Waals surface area (Å²) in [5, 5.41) is 4.62. The Morgan fingerprint density at radius 2 is 1.89 bits per heavy atom. The normalized spacial score (nSPS) is 10.8. The van der Waals surface area contributed by atoms with Crippen LogP contribution in [0.5, 0.6) is 5.75 Å². The SMILES string of the molecule is Cc1ccccc1C(=O)N/N=C/c1cc(Cl)ccc1OCc1ccc(Br)cc1. The van der Waals surface area contributed by atoms with Crippen LogP contribution in [-0.2, 0) is 6.61 Å². The second-order valence-electron chi connectivity index (χ2n) is 6.11. The van der Waals surface area contributed by atoms with E-state index in [0.29, 0.717) is 28.5 Å². The predicted molar refractivity (Wildman–Crippen MR) is 116 cm³/mol. The van der Waals surface area contributed by atoms with Crippen molar-refractivity contribution >= 4 is 39.7 Å². The van der Waals surface area contributed by atoms with Crippen LogP contribution in [0.2, 0.25) is 5.02 Å². The summed E-state index contributed by atoms with van der Waals surface area (Å²) in [4.78, 5) is 12.3. The van der Waals surface area contributed by atoms with Crippen molar-refractivity contribution in [2.75, 3.05) is 0 Å². The van der Waals surface area contributed by atoms with Crippen LogP contribution in [0.15, 0.2) is 76.3 Å². The molecule has 1 amide bonds. The maximum Gasteiger partial charge on any atom is 0.271 e. The molecule has 0 atom stereocenters. The van der Waals surface area contributed by atoms with Gasteiger partial charge in [0.05, 0.1) is 6.21 Å². The molecule has 142 valence electrons. The highest BCUT2D eigenvalue weighted by Gasteiger charge is 2.07. The van der Waals surface area contributed by atoms with E-state index < -0.39 is 0 Å². The number of benzene rings is 3. The summed E-state index contributed by atoms with van der Waals surface area (Å²) in [6.07, 6.45) is 1.53. The lowest BCUT2D eigenvalue weighted by Crippen LogP contribution is -2.18. The average Bonchev–Trinajstić information content (AvgIpc) is 2.69. The van der Waals surface area contributed by atoms with Gasteiger partial charge in [0.1, 0.15) is 12.4 Å². The van der Waals surface area contributed by atoms with E-state index in [2.05, 4.69) is 26.5 Å². The molecular weight excluding hydrogens is 440 g/mol. The molecule has 28 heavy (non-hydrogen) atoms. The number of hydrogen-bond donors (Lipinski definition) is 1. The van der Waals surface area contributed by atoms with Crippen LogP contribution in [0.25, 0.3) is 0 Å². The van der Waals surface area contributed by atoms with Gasteiger partial charge in [-0.05, 0) is 54.4 Å². The van der Waals surface area contributed by atoms with E-state index in [1.165, 1.54) is 6.21 Å². The first-order valence-electron chi connectivity index (χ1n) is 8.59. The maximum absolute atomic E-state index is 12.3. The Bertz CT molecular complexity index is 1000. The molecule has 0 bridgehead atoms. The molecule has 6 heteroatoms. The van der Waals surface area contributed by atoms with Crippen molar-refractivity contribution in [2.45, 2.75) is 13.5 Å². The summed E-state index contributed by atoms with van der Waals surface area (Å²) in [6.45, 7) is 2.29. The van der Waals surface area contributed by atoms with E-state index >= 15 is 0 Å². The molecule has 0 unspecified atom stereocenters. The van der Waals surface area contributed by atoms with Crippen LogP contribution in [0, 0.1) is 6.92 Å². The Morgan fingerprint density at radius 1 is 1.14 bits per heavy atom. The van der Waals surface area contributed by atoms with Crippen LogP contribution < -0.4 is 10.2 Å². The van der Waals surface area contributed by atoms with Crippen LogP contribution in [0.4, 0.5) is 0 Å². The van der Waals surface area contributed by atoms with E-state index in [1.807, 2.05) is 49.4 Å². The molecule has 0 fully saturated rings. The number of carbonyl (C=O) groups is 1. The monoisotopic (exact) mass is 456 g/mol. The van der Waals surface area contributed by atoms with Gasteiger partial charge in [0.15, 0.2) is 0 Å². The average molecular weight is 458 g/mol. The van der Waals surface area contributed by atoms with Crippen LogP contribution in [-0.4, -0.2) is 12.1 Å². The van der Waals surface area contributed by atoms with Gasteiger partial charge in [-0.25, -0.2) is 5.43 Å². The summed E-state index contributed by atoms with van der Waals surface area (Å²) >= 11 is 9.51. The van der Waals surface area contributed by atoms with E-state index in [0.717, 1.165) is 15.6 Å². The molecule has 0 saturated carbocycles. The van der Waals surface area contributed by atoms with Crippen molar-refractivity contribution in [3.05, 3.63) is 98.5 Å². The number of rotatable bonds is 6. The van der Waals surface area contributed by atoms with E-state index in [1.54, 1.807) is 24.3 Å². The fraction of sp³-hybridized carbons (Fsp3) is 0.0909. The minimum atomic E-state index is -0.270. The molecule has 0 spiro atoms. The lowest BCUT2D eigenvalue weighted by Gasteiger charge is -2.10. The first-order valence-corrected chi connectivity index (χ1v) is 9.76. The number of hydrazone groups is 1. The quantitative estimate of drug-likeness (QED) is 0.378. The zero-order chi connectivity index (χ0) is 19.9. The zero-order valence-corrected chi connectivity index (χ0v) is 17.5. The number of carbonyl (C=O) groups excluding carboxylic acids is 1. The Hall–Kier alpha value is -2.63. The lowest BCUT2D eigenvalue weighted by atomic mass is 10.1. The molecule has 0 aliphatic carbocycles. The van der Waals surface area contributed by atoms with E-state index in [4.69, 9.17) is 16.3 Å². The van der Waals surface area contributed by atoms with Gasteiger partial charge < -0.3 is 4.74 Å². The van der Waals surface area contributed by atoms with Crippen molar-refractivity contribution in [2.24, 2.45) is 5.10 Å². The van der Waals surface area contributed by atoms with Crippen LogP contribution >= 0.6 is 27.5 Å². The number of nitrogens with zero attached hydrogens (tertiary/aromatic N) is 1. The zero-order valence-electron chi connectivity index (χ0n) is 15.2. The molecule has 4 nitrogen and oxygen atoms in total. The molecule has 0 aliphatic rings. The van der Waals surface area contributed by atoms with Crippen molar-refractivity contribution in [3.63, 3.8) is 0 Å². The largest absolute Gasteiger partial charge is 0.488 e. The summed E-state index contributed by atoms with van der Waals surface area (Å²) < 4.78 is 6.92. The molecule has 0 saturated heterocycles. The second-order valence-corrected chi connectivity index (χ2v) is 7.46. The summed E-state index contributed by atoms with van der Waals surface area (Å²) in [6, 6.07) is 20.5. The molecule has 1 N–H and O–H groups in total. The van der Waals surface area contributed by atoms with Gasteiger partial charge in [-0.2, -0.15) is 5.10 Å². The van der Waals surface area contributed by atoms with Gasteiger partial charge in [0.2, 0.25) is 0 Å². The van der Waals surface area contributed by atoms with Crippen molar-refractivity contribution in [1.29, 1.82) is 0 Å². The number of halogens is 2. The third kappa shape index (κ3) is 5.44. The highest BCUT2D eigenvalue weighted by atomic mass is 79.9. The first-order chi connectivity index (χ1) is 13.5. The van der Waals surface area contributed by atoms with Crippen LogP contribution in [0.3, 0.4) is 0 Å². The molecule has 3 aromatic carbocycles. The van der Waals surface area contributed by atoms with Gasteiger partial charge in [-0.3, -0.25) is 4.79 Å². The Morgan fingerprint density at radius 3 is 2.64 bits per heavy atom. The number of nitrogens with one attached hydrogen (secondary N) is 1. The minimum absolute atomic E-state index is 0.270. The lowest BCUT2D eigenvalue weighted by molar-refractivity contribution is 0.0954. The third-order valence-electron chi connectivity index (χ3n) is 4.04. The first kappa shape index (κ1) is 20.1. The maximum atomic E-state index is 12.3. The number of ether oxygens (including phenoxy) is 1. The van der Waals surface area contributed by atoms with Gasteiger partial charge >= 0.3 is 0 Å². The van der Waals surface area contributed by atoms with Gasteiger partial charge in [0, 0.05) is 20.6 Å². The Labute approximate surface area is 177 Å². The van der Waals surface area contributed by atoms with Gasteiger partial charge in [-0.15, -0.1) is 0 Å². The number of aryl methyl sites for hydroxylation is 1. The second kappa shape index (κ2) is 9.53. The Balaban J connectivity index is 1.69. The Kier molecular flexibility index (Phi) is 6.85. The standard InChI is InChI=1S/C22H18BrClN2O2/c1-15-4-2-3-5-20(15)22(27)26-25-13-17-12-19(24)10-11-21(17)28-14-16-6-8-18(23)9-7-16/h2-13H,14H2,1H3,(H,26,27)/b25-13+. The molecular formula is C22H18BrClN2O2. The highest BCUT2D eigenvalue weighted by molar-refractivity contribution is 9.10. The fourth-order valence-corrected chi connectivity index (χ4v) is 2.99. The minimum Gasteiger partial charge on any atom is -0.488 e. The molecule has 3 aromatic rings. The van der Waals surface area contributed by atoms with Gasteiger partial charge in [-0.1, -0.05) is 57.9 Å². The molecule has 3 rings (SSSR count). The summed E-state index contributed by atoms with van der Waals surface area (Å²) in [5.74, 6) is 0.356. The number of hydrogen-bond acceptors (Lipinski definition) is 3. The predicted octanol–water partition coefficient (Wildman–Crippen LogP) is 5.75. The molecule has 0 aromatic heterocycles. The van der Waals surface area contributed by atoms with Crippen molar-refractivity contribution in [1.82, 2.24) is 5.43 Å². The molecule has 0 heterocycles.